The smallest absolute Gasteiger partial charge is 0.297 e. The van der Waals surface area contributed by atoms with Gasteiger partial charge in [-0.05, 0) is 42.3 Å². The predicted molar refractivity (Wildman–Crippen MR) is 112 cm³/mol. The van der Waals surface area contributed by atoms with Crippen LogP contribution in [0.4, 0.5) is 9.52 Å². The minimum Gasteiger partial charge on any atom is -0.450 e. The summed E-state index contributed by atoms with van der Waals surface area (Å²) in [6.45, 7) is 1.93. The molecule has 0 N–H and O–H groups in total. The number of nitrogens with zero attached hydrogens (tertiary/aromatic N) is 3. The second-order valence-corrected chi connectivity index (χ2v) is 8.25. The summed E-state index contributed by atoms with van der Waals surface area (Å²) in [6.07, 6.45) is 0.660. The summed E-state index contributed by atoms with van der Waals surface area (Å²) in [7, 11) is 0. The van der Waals surface area contributed by atoms with E-state index in [-0.39, 0.29) is 27.7 Å². The highest BCUT2D eigenvalue weighted by molar-refractivity contribution is 7.15. The molecule has 0 saturated heterocycles. The van der Waals surface area contributed by atoms with Gasteiger partial charge in [0.05, 0.1) is 17.0 Å². The molecule has 1 aliphatic rings. The lowest BCUT2D eigenvalue weighted by Gasteiger charge is -2.22. The summed E-state index contributed by atoms with van der Waals surface area (Å²) >= 11 is 7.33. The van der Waals surface area contributed by atoms with Crippen molar-refractivity contribution in [1.82, 2.24) is 10.2 Å². The first kappa shape index (κ1) is 18.9. The molecule has 0 saturated carbocycles. The number of benzene rings is 2. The van der Waals surface area contributed by atoms with Gasteiger partial charge in [-0.15, -0.1) is 10.2 Å². The Balaban J connectivity index is 1.80. The number of fused-ring (bicyclic) bond motifs is 2. The van der Waals surface area contributed by atoms with Gasteiger partial charge in [0.25, 0.3) is 5.91 Å². The van der Waals surface area contributed by atoms with Crippen LogP contribution in [0.1, 0.15) is 39.7 Å². The molecule has 3 heterocycles. The molecule has 0 fully saturated rings. The Morgan fingerprint density at radius 2 is 1.93 bits per heavy atom. The SMILES string of the molecule is CCc1nnc(N2C(=O)c3oc4ccc(Cl)cc4c(=O)c3C2c2ccc(F)cc2)s1. The molecular weight excluding hydrogens is 429 g/mol. The topological polar surface area (TPSA) is 76.3 Å². The molecule has 0 aliphatic carbocycles. The van der Waals surface area contributed by atoms with Crippen LogP contribution in [0.5, 0.6) is 0 Å². The summed E-state index contributed by atoms with van der Waals surface area (Å²) in [5.41, 5.74) is 0.641. The number of halogens is 2. The molecule has 1 atom stereocenters. The number of hydrogen-bond acceptors (Lipinski definition) is 6. The quantitative estimate of drug-likeness (QED) is 0.458. The summed E-state index contributed by atoms with van der Waals surface area (Å²) < 4.78 is 19.4. The fourth-order valence-corrected chi connectivity index (χ4v) is 4.56. The lowest BCUT2D eigenvalue weighted by molar-refractivity contribution is 0.0970. The molecule has 0 spiro atoms. The van der Waals surface area contributed by atoms with Gasteiger partial charge in [0.1, 0.15) is 16.4 Å². The van der Waals surface area contributed by atoms with Crippen LogP contribution in [0, 0.1) is 5.82 Å². The van der Waals surface area contributed by atoms with Gasteiger partial charge >= 0.3 is 0 Å². The number of hydrogen-bond donors (Lipinski definition) is 0. The Kier molecular flexibility index (Phi) is 4.41. The van der Waals surface area contributed by atoms with Gasteiger partial charge in [0.2, 0.25) is 10.9 Å². The number of aryl methyl sites for hydroxylation is 1. The zero-order valence-corrected chi connectivity index (χ0v) is 17.1. The average molecular weight is 442 g/mol. The van der Waals surface area contributed by atoms with Gasteiger partial charge in [-0.3, -0.25) is 14.5 Å². The second-order valence-electron chi connectivity index (χ2n) is 6.78. The highest BCUT2D eigenvalue weighted by Crippen LogP contribution is 2.42. The van der Waals surface area contributed by atoms with Gasteiger partial charge in [-0.2, -0.15) is 0 Å². The van der Waals surface area contributed by atoms with Crippen molar-refractivity contribution in [2.75, 3.05) is 4.90 Å². The minimum absolute atomic E-state index is 0.0580. The predicted octanol–water partition coefficient (Wildman–Crippen LogP) is 4.75. The molecule has 1 unspecified atom stereocenters. The molecule has 150 valence electrons. The van der Waals surface area contributed by atoms with Crippen molar-refractivity contribution < 1.29 is 13.6 Å². The van der Waals surface area contributed by atoms with Crippen LogP contribution in [-0.4, -0.2) is 16.1 Å². The van der Waals surface area contributed by atoms with Crippen LogP contribution in [0.25, 0.3) is 11.0 Å². The van der Waals surface area contributed by atoms with E-state index >= 15 is 0 Å². The third-order valence-electron chi connectivity index (χ3n) is 4.98. The number of carbonyl (C=O) groups excluding carboxylic acids is 1. The maximum Gasteiger partial charge on any atom is 0.297 e. The number of aromatic nitrogens is 2. The van der Waals surface area contributed by atoms with Gasteiger partial charge in [0, 0.05) is 5.02 Å². The second kappa shape index (κ2) is 7.00. The van der Waals surface area contributed by atoms with E-state index < -0.39 is 17.8 Å². The van der Waals surface area contributed by atoms with Crippen molar-refractivity contribution in [2.24, 2.45) is 0 Å². The van der Waals surface area contributed by atoms with Gasteiger partial charge in [-0.25, -0.2) is 4.39 Å². The standard InChI is InChI=1S/C21H13ClFN3O3S/c1-2-15-24-25-21(30-15)26-17(10-3-6-12(23)7-4-10)16-18(27)13-9-11(22)5-8-14(13)29-19(16)20(26)28/h3-9,17H,2H2,1H3. The fourth-order valence-electron chi connectivity index (χ4n) is 3.59. The van der Waals surface area contributed by atoms with Crippen LogP contribution in [0.3, 0.4) is 0 Å². The Hall–Kier alpha value is -3.10. The average Bonchev–Trinajstić information content (AvgIpc) is 3.32. The summed E-state index contributed by atoms with van der Waals surface area (Å²) in [5, 5.41) is 9.99. The summed E-state index contributed by atoms with van der Waals surface area (Å²) in [6, 6.07) is 9.50. The first-order valence-electron chi connectivity index (χ1n) is 9.15. The molecule has 1 aliphatic heterocycles. The van der Waals surface area contributed by atoms with Crippen molar-refractivity contribution in [2.45, 2.75) is 19.4 Å². The molecule has 30 heavy (non-hydrogen) atoms. The van der Waals surface area contributed by atoms with Crippen molar-refractivity contribution in [3.63, 3.8) is 0 Å². The molecule has 0 radical (unpaired) electrons. The maximum atomic E-state index is 13.6. The Morgan fingerprint density at radius 1 is 1.17 bits per heavy atom. The van der Waals surface area contributed by atoms with Gasteiger partial charge < -0.3 is 4.42 Å². The van der Waals surface area contributed by atoms with Crippen molar-refractivity contribution in [1.29, 1.82) is 0 Å². The van der Waals surface area contributed by atoms with Crippen LogP contribution in [0.15, 0.2) is 51.7 Å². The molecule has 1 amide bonds. The molecular formula is C21H13ClFN3O3S. The Morgan fingerprint density at radius 3 is 2.63 bits per heavy atom. The Labute approximate surface area is 178 Å². The highest BCUT2D eigenvalue weighted by atomic mass is 35.5. The van der Waals surface area contributed by atoms with Gasteiger partial charge in [0.15, 0.2) is 5.43 Å². The zero-order chi connectivity index (χ0) is 21.0. The Bertz CT molecular complexity index is 1370. The molecule has 0 bridgehead atoms. The number of amides is 1. The number of anilines is 1. The molecule has 9 heteroatoms. The van der Waals surface area contributed by atoms with E-state index in [2.05, 4.69) is 10.2 Å². The highest BCUT2D eigenvalue weighted by Gasteiger charge is 2.45. The molecule has 2 aromatic carbocycles. The lowest BCUT2D eigenvalue weighted by Crippen LogP contribution is -2.29. The van der Waals surface area contributed by atoms with Crippen LogP contribution >= 0.6 is 22.9 Å². The first-order chi connectivity index (χ1) is 14.5. The zero-order valence-electron chi connectivity index (χ0n) is 15.6. The minimum atomic E-state index is -0.814. The van der Waals surface area contributed by atoms with E-state index in [0.29, 0.717) is 22.1 Å². The monoisotopic (exact) mass is 441 g/mol. The van der Waals surface area contributed by atoms with Gasteiger partial charge in [-0.1, -0.05) is 42.0 Å². The molecule has 6 nitrogen and oxygen atoms in total. The summed E-state index contributed by atoms with van der Waals surface area (Å²) in [4.78, 5) is 28.1. The van der Waals surface area contributed by atoms with E-state index in [0.717, 1.165) is 5.01 Å². The van der Waals surface area contributed by atoms with Crippen molar-refractivity contribution in [3.05, 3.63) is 85.4 Å². The van der Waals surface area contributed by atoms with Crippen molar-refractivity contribution in [3.8, 4) is 0 Å². The fraction of sp³-hybridized carbons (Fsp3) is 0.143. The van der Waals surface area contributed by atoms with E-state index in [9.17, 15) is 14.0 Å². The third-order valence-corrected chi connectivity index (χ3v) is 6.28. The van der Waals surface area contributed by atoms with Crippen molar-refractivity contribution >= 4 is 44.9 Å². The van der Waals surface area contributed by atoms with E-state index in [1.165, 1.54) is 34.4 Å². The normalized spacial score (nSPS) is 15.8. The maximum absolute atomic E-state index is 13.6. The number of rotatable bonds is 3. The largest absolute Gasteiger partial charge is 0.450 e. The third kappa shape index (κ3) is 2.83. The molecule has 5 rings (SSSR count). The van der Waals surface area contributed by atoms with E-state index in [1.54, 1.807) is 24.3 Å². The molecule has 2 aromatic heterocycles. The van der Waals surface area contributed by atoms with E-state index in [4.69, 9.17) is 16.0 Å². The van der Waals surface area contributed by atoms with E-state index in [1.807, 2.05) is 6.92 Å². The summed E-state index contributed by atoms with van der Waals surface area (Å²) in [5.74, 6) is -0.971. The first-order valence-corrected chi connectivity index (χ1v) is 10.3. The van der Waals surface area contributed by atoms with Crippen LogP contribution in [0.2, 0.25) is 5.02 Å². The lowest BCUT2D eigenvalue weighted by atomic mass is 9.99. The van der Waals surface area contributed by atoms with Crippen LogP contribution in [-0.2, 0) is 6.42 Å². The molecule has 4 aromatic rings. The van der Waals surface area contributed by atoms with Crippen LogP contribution < -0.4 is 10.3 Å². The number of carbonyl (C=O) groups is 1.